The number of sulfone groups is 1. The van der Waals surface area contributed by atoms with Crippen LogP contribution >= 0.6 is 0 Å². The highest BCUT2D eigenvalue weighted by Gasteiger charge is 2.28. The third-order valence-electron chi connectivity index (χ3n) is 4.08. The molecule has 3 unspecified atom stereocenters. The van der Waals surface area contributed by atoms with Crippen molar-refractivity contribution >= 4 is 20.6 Å². The molecule has 21 heavy (non-hydrogen) atoms. The minimum Gasteiger partial charge on any atom is -0.316 e. The fourth-order valence-corrected chi connectivity index (χ4v) is 5.19. The van der Waals surface area contributed by atoms with Crippen molar-refractivity contribution in [3.63, 3.8) is 0 Å². The second kappa shape index (κ2) is 7.03. The standard InChI is InChI=1S/C15H23NO3S2/c1-16-14-6-4-3-5-7-15(14)20(17)12-8-10-13(11-9-12)21(2,18)19/h8-11,14-16H,3-7H2,1-2H3. The summed E-state index contributed by atoms with van der Waals surface area (Å²) in [6.45, 7) is 0. The van der Waals surface area contributed by atoms with E-state index in [-0.39, 0.29) is 16.2 Å². The predicted molar refractivity (Wildman–Crippen MR) is 85.7 cm³/mol. The van der Waals surface area contributed by atoms with Crippen LogP contribution in [0.1, 0.15) is 32.1 Å². The number of rotatable bonds is 4. The Morgan fingerprint density at radius 1 is 1.10 bits per heavy atom. The van der Waals surface area contributed by atoms with Crippen LogP contribution < -0.4 is 5.32 Å². The second-order valence-corrected chi connectivity index (χ2v) is 9.30. The summed E-state index contributed by atoms with van der Waals surface area (Å²) in [7, 11) is -2.38. The van der Waals surface area contributed by atoms with Crippen molar-refractivity contribution in [1.29, 1.82) is 0 Å². The van der Waals surface area contributed by atoms with Gasteiger partial charge in [-0.05, 0) is 44.2 Å². The van der Waals surface area contributed by atoms with E-state index in [9.17, 15) is 12.6 Å². The Hall–Kier alpha value is -0.720. The molecule has 1 aliphatic rings. The van der Waals surface area contributed by atoms with E-state index in [0.29, 0.717) is 0 Å². The summed E-state index contributed by atoms with van der Waals surface area (Å²) in [6, 6.07) is 6.73. The lowest BCUT2D eigenvalue weighted by molar-refractivity contribution is 0.500. The van der Waals surface area contributed by atoms with Gasteiger partial charge < -0.3 is 5.32 Å². The molecule has 6 heteroatoms. The topological polar surface area (TPSA) is 63.2 Å². The van der Waals surface area contributed by atoms with Gasteiger partial charge in [-0.1, -0.05) is 19.3 Å². The van der Waals surface area contributed by atoms with Gasteiger partial charge >= 0.3 is 0 Å². The summed E-state index contributed by atoms with van der Waals surface area (Å²) < 4.78 is 35.8. The average molecular weight is 329 g/mol. The van der Waals surface area contributed by atoms with Crippen LogP contribution in [0.2, 0.25) is 0 Å². The Morgan fingerprint density at radius 3 is 2.29 bits per heavy atom. The molecule has 2 rings (SSSR count). The molecule has 0 aliphatic heterocycles. The first-order valence-corrected chi connectivity index (χ1v) is 10.4. The Labute approximate surface area is 129 Å². The summed E-state index contributed by atoms with van der Waals surface area (Å²) in [4.78, 5) is 0.990. The van der Waals surface area contributed by atoms with Crippen molar-refractivity contribution in [3.8, 4) is 0 Å². The fraction of sp³-hybridized carbons (Fsp3) is 0.600. The quantitative estimate of drug-likeness (QED) is 0.860. The minimum absolute atomic E-state index is 0.0987. The molecule has 0 amide bonds. The predicted octanol–water partition coefficient (Wildman–Crippen LogP) is 2.12. The number of nitrogens with one attached hydrogen (secondary N) is 1. The number of benzene rings is 1. The maximum absolute atomic E-state index is 12.8. The van der Waals surface area contributed by atoms with Crippen LogP contribution in [0.25, 0.3) is 0 Å². The van der Waals surface area contributed by atoms with Crippen molar-refractivity contribution in [1.82, 2.24) is 5.32 Å². The Bertz CT molecular complexity index is 596. The van der Waals surface area contributed by atoms with Gasteiger partial charge in [0.25, 0.3) is 0 Å². The normalized spacial score (nSPS) is 25.2. The molecular weight excluding hydrogens is 306 g/mol. The van der Waals surface area contributed by atoms with Crippen LogP contribution in [0.4, 0.5) is 0 Å². The van der Waals surface area contributed by atoms with E-state index < -0.39 is 20.6 Å². The van der Waals surface area contributed by atoms with Crippen molar-refractivity contribution in [2.24, 2.45) is 0 Å². The molecule has 1 N–H and O–H groups in total. The second-order valence-electron chi connectivity index (χ2n) is 5.61. The summed E-state index contributed by atoms with van der Waals surface area (Å²) in [5.41, 5.74) is 0. The van der Waals surface area contributed by atoms with Crippen LogP contribution in [0.5, 0.6) is 0 Å². The van der Waals surface area contributed by atoms with E-state index in [2.05, 4.69) is 5.32 Å². The van der Waals surface area contributed by atoms with Crippen LogP contribution in [0.3, 0.4) is 0 Å². The van der Waals surface area contributed by atoms with E-state index in [0.717, 1.165) is 24.2 Å². The van der Waals surface area contributed by atoms with Crippen molar-refractivity contribution in [2.45, 2.75) is 53.2 Å². The Kier molecular flexibility index (Phi) is 5.57. The lowest BCUT2D eigenvalue weighted by Crippen LogP contribution is -2.39. The van der Waals surface area contributed by atoms with Crippen molar-refractivity contribution in [3.05, 3.63) is 24.3 Å². The monoisotopic (exact) mass is 329 g/mol. The molecule has 0 bridgehead atoms. The average Bonchev–Trinajstić information content (AvgIpc) is 2.70. The van der Waals surface area contributed by atoms with Gasteiger partial charge in [0.05, 0.1) is 20.9 Å². The van der Waals surface area contributed by atoms with Gasteiger partial charge in [-0.2, -0.15) is 0 Å². The smallest absolute Gasteiger partial charge is 0.175 e. The molecular formula is C15H23NO3S2. The lowest BCUT2D eigenvalue weighted by Gasteiger charge is -2.24. The molecule has 1 aliphatic carbocycles. The maximum Gasteiger partial charge on any atom is 0.175 e. The molecule has 0 saturated heterocycles. The minimum atomic E-state index is -3.20. The molecule has 4 nitrogen and oxygen atoms in total. The maximum atomic E-state index is 12.8. The van der Waals surface area contributed by atoms with Crippen LogP contribution in [0, 0.1) is 0 Å². The molecule has 3 atom stereocenters. The van der Waals surface area contributed by atoms with Gasteiger partial charge in [0.2, 0.25) is 0 Å². The van der Waals surface area contributed by atoms with Gasteiger partial charge in [-0.3, -0.25) is 4.21 Å². The van der Waals surface area contributed by atoms with Gasteiger partial charge in [0, 0.05) is 17.2 Å². The first-order valence-electron chi connectivity index (χ1n) is 7.31. The lowest BCUT2D eigenvalue weighted by atomic mass is 10.1. The molecule has 0 spiro atoms. The first kappa shape index (κ1) is 16.6. The highest BCUT2D eigenvalue weighted by molar-refractivity contribution is 7.90. The number of hydrogen-bond acceptors (Lipinski definition) is 4. The molecule has 118 valence electrons. The SMILES string of the molecule is CNC1CCCCCC1S(=O)c1ccc(S(C)(=O)=O)cc1. The molecule has 1 saturated carbocycles. The van der Waals surface area contributed by atoms with E-state index in [4.69, 9.17) is 0 Å². The largest absolute Gasteiger partial charge is 0.316 e. The van der Waals surface area contributed by atoms with Gasteiger partial charge in [-0.25, -0.2) is 8.42 Å². The molecule has 1 aromatic rings. The summed E-state index contributed by atoms with van der Waals surface area (Å²) in [6.07, 6.45) is 6.66. The molecule has 1 aromatic carbocycles. The molecule has 0 aromatic heterocycles. The molecule has 0 radical (unpaired) electrons. The highest BCUT2D eigenvalue weighted by Crippen LogP contribution is 2.26. The number of hydrogen-bond donors (Lipinski definition) is 1. The zero-order valence-corrected chi connectivity index (χ0v) is 14.2. The van der Waals surface area contributed by atoms with Gasteiger partial charge in [-0.15, -0.1) is 0 Å². The Balaban J connectivity index is 2.22. The van der Waals surface area contributed by atoms with E-state index >= 15 is 0 Å². The van der Waals surface area contributed by atoms with Crippen molar-refractivity contribution < 1.29 is 12.6 Å². The summed E-state index contributed by atoms with van der Waals surface area (Å²) in [5.74, 6) is 0. The van der Waals surface area contributed by atoms with Gasteiger partial charge in [0.1, 0.15) is 0 Å². The van der Waals surface area contributed by atoms with E-state index in [1.165, 1.54) is 19.1 Å². The van der Waals surface area contributed by atoms with Gasteiger partial charge in [0.15, 0.2) is 9.84 Å². The third-order valence-corrected chi connectivity index (χ3v) is 7.06. The zero-order valence-electron chi connectivity index (χ0n) is 12.5. The zero-order chi connectivity index (χ0) is 15.5. The van der Waals surface area contributed by atoms with Crippen molar-refractivity contribution in [2.75, 3.05) is 13.3 Å². The van der Waals surface area contributed by atoms with Crippen LogP contribution in [-0.2, 0) is 20.6 Å². The molecule has 1 fully saturated rings. The summed E-state index contributed by atoms with van der Waals surface area (Å²) in [5, 5.41) is 3.39. The fourth-order valence-electron chi connectivity index (χ4n) is 2.86. The van der Waals surface area contributed by atoms with E-state index in [1.54, 1.807) is 24.3 Å². The van der Waals surface area contributed by atoms with Crippen LogP contribution in [-0.4, -0.2) is 37.2 Å². The Morgan fingerprint density at radius 2 is 1.71 bits per heavy atom. The third kappa shape index (κ3) is 4.14. The summed E-state index contributed by atoms with van der Waals surface area (Å²) >= 11 is 0. The highest BCUT2D eigenvalue weighted by atomic mass is 32.2. The van der Waals surface area contributed by atoms with E-state index in [1.807, 2.05) is 7.05 Å². The molecule has 0 heterocycles. The first-order chi connectivity index (χ1) is 9.93. The van der Waals surface area contributed by atoms with Crippen LogP contribution in [0.15, 0.2) is 34.1 Å².